The van der Waals surface area contributed by atoms with Gasteiger partial charge in [-0.25, -0.2) is 14.0 Å². The van der Waals surface area contributed by atoms with Crippen molar-refractivity contribution in [2.24, 2.45) is 5.92 Å². The number of piperidine rings is 1. The fourth-order valence-corrected chi connectivity index (χ4v) is 5.64. The molecular weight excluding hydrogens is 605 g/mol. The molecule has 5 rings (SSSR count). The molecule has 3 N–H and O–H groups in total. The molecule has 5 atom stereocenters. The van der Waals surface area contributed by atoms with Crippen molar-refractivity contribution in [2.75, 3.05) is 19.7 Å². The lowest BCUT2D eigenvalue weighted by Crippen LogP contribution is -3.12. The molecule has 0 saturated carbocycles. The number of ether oxygens (including phenoxy) is 2. The summed E-state index contributed by atoms with van der Waals surface area (Å²) in [6.45, 7) is 3.10. The van der Waals surface area contributed by atoms with Crippen molar-refractivity contribution in [3.05, 3.63) is 143 Å². The van der Waals surface area contributed by atoms with Gasteiger partial charge in [0.2, 0.25) is 0 Å². The SMILES string of the molecule is O=C(O[C@@H](C(=O)[O-])[C@@H](OCc1ccccc1)C(=O)O)c1ccccc1.OC[C@H]1C[NH+](Cc2ccccc2)CC[C@H]1c1ccc(F)cc1. The molecule has 0 amide bonds. The van der Waals surface area contributed by atoms with Crippen LogP contribution >= 0.6 is 0 Å². The molecule has 9 nitrogen and oxygen atoms in total. The van der Waals surface area contributed by atoms with Crippen molar-refractivity contribution >= 4 is 17.9 Å². The quantitative estimate of drug-likeness (QED) is 0.201. The topological polar surface area (TPSA) is 138 Å². The summed E-state index contributed by atoms with van der Waals surface area (Å²) in [7, 11) is 0. The normalized spacial score (nSPS) is 18.6. The number of hydrogen-bond acceptors (Lipinski definition) is 7. The Morgan fingerprint density at radius 2 is 1.40 bits per heavy atom. The van der Waals surface area contributed by atoms with Crippen molar-refractivity contribution in [3.63, 3.8) is 0 Å². The Kier molecular flexibility index (Phi) is 13.2. The molecule has 1 unspecified atom stereocenters. The maximum Gasteiger partial charge on any atom is 0.338 e. The molecule has 1 fully saturated rings. The van der Waals surface area contributed by atoms with Crippen LogP contribution in [0.3, 0.4) is 0 Å². The second kappa shape index (κ2) is 17.7. The van der Waals surface area contributed by atoms with E-state index in [4.69, 9.17) is 9.47 Å². The first-order chi connectivity index (χ1) is 22.7. The Hall–Kier alpha value is -4.90. The van der Waals surface area contributed by atoms with Gasteiger partial charge in [0.05, 0.1) is 37.8 Å². The monoisotopic (exact) mass is 643 g/mol. The average molecular weight is 644 g/mol. The first kappa shape index (κ1) is 35.0. The van der Waals surface area contributed by atoms with Gasteiger partial charge >= 0.3 is 11.9 Å². The first-order valence-corrected chi connectivity index (χ1v) is 15.3. The molecule has 4 aromatic rings. The van der Waals surface area contributed by atoms with Crippen LogP contribution in [0.15, 0.2) is 115 Å². The highest BCUT2D eigenvalue weighted by molar-refractivity contribution is 5.92. The second-order valence-electron chi connectivity index (χ2n) is 11.3. The van der Waals surface area contributed by atoms with E-state index in [1.165, 1.54) is 34.7 Å². The fourth-order valence-electron chi connectivity index (χ4n) is 5.64. The predicted octanol–water partition coefficient (Wildman–Crippen LogP) is 2.64. The Labute approximate surface area is 272 Å². The number of carboxylic acids is 2. The van der Waals surface area contributed by atoms with Gasteiger partial charge < -0.3 is 34.5 Å². The minimum absolute atomic E-state index is 0.0842. The van der Waals surface area contributed by atoms with Crippen LogP contribution in [0.5, 0.6) is 0 Å². The highest BCUT2D eigenvalue weighted by Crippen LogP contribution is 2.29. The van der Waals surface area contributed by atoms with E-state index < -0.39 is 30.1 Å². The van der Waals surface area contributed by atoms with Gasteiger partial charge in [-0.05, 0) is 41.3 Å². The number of aliphatic carboxylic acids is 2. The van der Waals surface area contributed by atoms with E-state index in [0.717, 1.165) is 31.6 Å². The molecule has 0 aromatic heterocycles. The number of quaternary nitrogens is 1. The standard InChI is InChI=1S/C19H22FNO.C18H16O7/c20-18-8-6-16(7-9-18)19-10-11-21(13-17(19)14-22)12-15-4-2-1-3-5-15;19-16(20)14(24-11-12-7-3-1-4-8-12)15(17(21)22)25-18(23)13-9-5-2-6-10-13/h1-9,17,19,22H,10-14H2;1-10,14-15H,11H2,(H,19,20)(H,21,22)/t17-,19+;14-,15-/m11/s1. The van der Waals surface area contributed by atoms with Crippen LogP contribution < -0.4 is 10.0 Å². The molecule has 0 radical (unpaired) electrons. The number of carboxylic acid groups (broad SMARTS) is 2. The number of carbonyl (C=O) groups excluding carboxylic acids is 2. The molecule has 1 aliphatic rings. The summed E-state index contributed by atoms with van der Waals surface area (Å²) in [6.07, 6.45) is -2.95. The minimum Gasteiger partial charge on any atom is -0.546 e. The third kappa shape index (κ3) is 10.6. The number of aliphatic hydroxyl groups excluding tert-OH is 1. The number of hydrogen-bond donors (Lipinski definition) is 3. The Morgan fingerprint density at radius 3 is 1.96 bits per heavy atom. The van der Waals surface area contributed by atoms with Crippen molar-refractivity contribution < 1.29 is 48.5 Å². The van der Waals surface area contributed by atoms with E-state index in [1.807, 2.05) is 18.2 Å². The van der Waals surface area contributed by atoms with E-state index >= 15 is 0 Å². The number of rotatable bonds is 12. The van der Waals surface area contributed by atoms with Gasteiger partial charge in [0, 0.05) is 17.9 Å². The highest BCUT2D eigenvalue weighted by atomic mass is 19.1. The van der Waals surface area contributed by atoms with Gasteiger partial charge in [0.1, 0.15) is 12.4 Å². The number of aliphatic hydroxyl groups is 1. The van der Waals surface area contributed by atoms with E-state index in [9.17, 15) is 34.1 Å². The van der Waals surface area contributed by atoms with Crippen LogP contribution in [0.25, 0.3) is 0 Å². The molecule has 47 heavy (non-hydrogen) atoms. The molecule has 4 aromatic carbocycles. The highest BCUT2D eigenvalue weighted by Gasteiger charge is 2.34. The predicted molar refractivity (Wildman–Crippen MR) is 168 cm³/mol. The van der Waals surface area contributed by atoms with Crippen molar-refractivity contribution in [1.82, 2.24) is 0 Å². The smallest absolute Gasteiger partial charge is 0.338 e. The van der Waals surface area contributed by atoms with Gasteiger partial charge in [-0.3, -0.25) is 0 Å². The number of likely N-dealkylation sites (tertiary alicyclic amines) is 1. The zero-order chi connectivity index (χ0) is 33.6. The van der Waals surface area contributed by atoms with Crippen LogP contribution in [-0.2, 0) is 32.2 Å². The van der Waals surface area contributed by atoms with E-state index in [1.54, 1.807) is 48.5 Å². The van der Waals surface area contributed by atoms with Gasteiger partial charge in [0.15, 0.2) is 12.2 Å². The van der Waals surface area contributed by atoms with E-state index in [2.05, 4.69) is 24.3 Å². The molecule has 10 heteroatoms. The number of benzene rings is 4. The minimum atomic E-state index is -2.09. The molecule has 0 spiro atoms. The third-order valence-electron chi connectivity index (χ3n) is 8.02. The van der Waals surface area contributed by atoms with Crippen LogP contribution in [0, 0.1) is 11.7 Å². The summed E-state index contributed by atoms with van der Waals surface area (Å²) in [4.78, 5) is 36.2. The van der Waals surface area contributed by atoms with Crippen LogP contribution in [0.1, 0.15) is 39.4 Å². The zero-order valence-electron chi connectivity index (χ0n) is 25.7. The molecule has 0 bridgehead atoms. The summed E-state index contributed by atoms with van der Waals surface area (Å²) in [5.41, 5.74) is 3.22. The molecule has 246 valence electrons. The van der Waals surface area contributed by atoms with Crippen molar-refractivity contribution in [2.45, 2.75) is 37.7 Å². The summed E-state index contributed by atoms with van der Waals surface area (Å²) in [5.74, 6) is -4.03. The lowest BCUT2D eigenvalue weighted by molar-refractivity contribution is -0.923. The van der Waals surface area contributed by atoms with Gasteiger partial charge in [-0.1, -0.05) is 91.0 Å². The summed E-state index contributed by atoms with van der Waals surface area (Å²) in [6, 6.07) is 33.5. The summed E-state index contributed by atoms with van der Waals surface area (Å²) >= 11 is 0. The van der Waals surface area contributed by atoms with E-state index in [0.29, 0.717) is 11.5 Å². The van der Waals surface area contributed by atoms with Gasteiger partial charge in [0.25, 0.3) is 0 Å². The second-order valence-corrected chi connectivity index (χ2v) is 11.3. The van der Waals surface area contributed by atoms with Crippen molar-refractivity contribution in [3.8, 4) is 0 Å². The number of carbonyl (C=O) groups is 3. The molecule has 1 aliphatic heterocycles. The lowest BCUT2D eigenvalue weighted by atomic mass is 9.81. The van der Waals surface area contributed by atoms with Crippen LogP contribution in [0.2, 0.25) is 0 Å². The largest absolute Gasteiger partial charge is 0.546 e. The van der Waals surface area contributed by atoms with Gasteiger partial charge in [-0.2, -0.15) is 0 Å². The Balaban J connectivity index is 0.000000214. The Bertz CT molecular complexity index is 1550. The summed E-state index contributed by atoms with van der Waals surface area (Å²) in [5, 5.41) is 30.3. The van der Waals surface area contributed by atoms with Crippen molar-refractivity contribution in [1.29, 1.82) is 0 Å². The summed E-state index contributed by atoms with van der Waals surface area (Å²) < 4.78 is 23.0. The fraction of sp³-hybridized carbons (Fsp3) is 0.270. The molecule has 0 aliphatic carbocycles. The molecular formula is C37H38FNO8. The maximum absolute atomic E-state index is 13.1. The average Bonchev–Trinajstić information content (AvgIpc) is 3.09. The zero-order valence-corrected chi connectivity index (χ0v) is 25.7. The lowest BCUT2D eigenvalue weighted by Gasteiger charge is -2.35. The van der Waals surface area contributed by atoms with Gasteiger partial charge in [-0.15, -0.1) is 0 Å². The van der Waals surface area contributed by atoms with Crippen LogP contribution in [-0.4, -0.2) is 60.0 Å². The van der Waals surface area contributed by atoms with E-state index in [-0.39, 0.29) is 30.5 Å². The number of halogens is 1. The maximum atomic E-state index is 13.1. The molecule has 1 saturated heterocycles. The molecule has 1 heterocycles. The number of nitrogens with one attached hydrogen (secondary N) is 1. The number of esters is 1. The Morgan fingerprint density at radius 1 is 0.830 bits per heavy atom. The third-order valence-corrected chi connectivity index (χ3v) is 8.02. The first-order valence-electron chi connectivity index (χ1n) is 15.3. The van der Waals surface area contributed by atoms with Crippen LogP contribution in [0.4, 0.5) is 4.39 Å².